The van der Waals surface area contributed by atoms with Crippen molar-refractivity contribution in [3.05, 3.63) is 0 Å². The van der Waals surface area contributed by atoms with Gasteiger partial charge >= 0.3 is 8.80 Å². The van der Waals surface area contributed by atoms with E-state index in [1.807, 2.05) is 0 Å². The van der Waals surface area contributed by atoms with Gasteiger partial charge in [-0.05, 0) is 50.9 Å². The van der Waals surface area contributed by atoms with E-state index in [2.05, 4.69) is 20.8 Å². The van der Waals surface area contributed by atoms with Gasteiger partial charge in [-0.25, -0.2) is 0 Å². The number of unbranched alkanes of at least 4 members (excludes halogenated alkanes) is 5. The number of hydrogen-bond donors (Lipinski definition) is 0. The zero-order chi connectivity index (χ0) is 20.1. The van der Waals surface area contributed by atoms with Gasteiger partial charge in [0.15, 0.2) is 0 Å². The van der Waals surface area contributed by atoms with Crippen molar-refractivity contribution in [3.63, 3.8) is 0 Å². The predicted octanol–water partition coefficient (Wildman–Crippen LogP) is 6.50. The minimum atomic E-state index is -2.47. The van der Waals surface area contributed by atoms with Crippen LogP contribution in [0.15, 0.2) is 0 Å². The van der Waals surface area contributed by atoms with Crippen LogP contribution in [0.5, 0.6) is 0 Å². The van der Waals surface area contributed by atoms with Crippen molar-refractivity contribution in [2.75, 3.05) is 19.8 Å². The number of fused-ring (bicyclic) bond motifs is 1. The molecule has 0 aromatic heterocycles. The SMILES string of the molecule is CCCO[Si](CCCCCCCCC1CCC2OC2C1)(OCCC)OCCC. The first kappa shape index (κ1) is 24.3. The Morgan fingerprint density at radius 2 is 1.29 bits per heavy atom. The molecule has 4 nitrogen and oxygen atoms in total. The molecule has 2 rings (SSSR count). The van der Waals surface area contributed by atoms with Crippen LogP contribution in [0.1, 0.15) is 104 Å². The molecule has 0 amide bonds. The van der Waals surface area contributed by atoms with Crippen molar-refractivity contribution >= 4 is 8.80 Å². The summed E-state index contributed by atoms with van der Waals surface area (Å²) in [6.45, 7) is 8.74. The number of rotatable bonds is 18. The summed E-state index contributed by atoms with van der Waals surface area (Å²) in [6, 6.07) is 0.984. The maximum atomic E-state index is 6.19. The molecule has 0 aromatic carbocycles. The summed E-state index contributed by atoms with van der Waals surface area (Å²) in [6.07, 6.45) is 17.8. The Bertz CT molecular complexity index is 371. The molecule has 1 heterocycles. The molecule has 2 aliphatic rings. The molecule has 2 fully saturated rings. The van der Waals surface area contributed by atoms with Crippen molar-refractivity contribution < 1.29 is 18.0 Å². The van der Waals surface area contributed by atoms with Crippen molar-refractivity contribution in [1.29, 1.82) is 0 Å². The van der Waals surface area contributed by atoms with Gasteiger partial charge in [0.1, 0.15) is 0 Å². The molecule has 1 aliphatic heterocycles. The topological polar surface area (TPSA) is 40.2 Å². The molecule has 0 spiro atoms. The molecule has 28 heavy (non-hydrogen) atoms. The van der Waals surface area contributed by atoms with Crippen molar-refractivity contribution in [2.45, 2.75) is 122 Å². The van der Waals surface area contributed by atoms with Crippen LogP contribution in [-0.4, -0.2) is 40.8 Å². The van der Waals surface area contributed by atoms with Crippen LogP contribution in [0.3, 0.4) is 0 Å². The Balaban J connectivity index is 1.55. The third kappa shape index (κ3) is 9.25. The van der Waals surface area contributed by atoms with Crippen LogP contribution in [0.25, 0.3) is 0 Å². The molecular formula is C23H46O4Si. The maximum Gasteiger partial charge on any atom is 0.500 e. The van der Waals surface area contributed by atoms with Crippen LogP contribution in [-0.2, 0) is 18.0 Å². The van der Waals surface area contributed by atoms with Crippen LogP contribution < -0.4 is 0 Å². The van der Waals surface area contributed by atoms with E-state index < -0.39 is 8.80 Å². The summed E-state index contributed by atoms with van der Waals surface area (Å²) in [5.74, 6) is 0.942. The Labute approximate surface area is 175 Å². The fourth-order valence-corrected chi connectivity index (χ4v) is 7.26. The van der Waals surface area contributed by atoms with Gasteiger partial charge in [-0.3, -0.25) is 0 Å². The Morgan fingerprint density at radius 3 is 1.86 bits per heavy atom. The van der Waals surface area contributed by atoms with Gasteiger partial charge in [0, 0.05) is 25.9 Å². The smallest absolute Gasteiger partial charge is 0.373 e. The summed E-state index contributed by atoms with van der Waals surface area (Å²) in [5.41, 5.74) is 0. The normalized spacial score (nSPS) is 24.3. The molecule has 3 unspecified atom stereocenters. The Hall–Kier alpha value is 0.0569. The quantitative estimate of drug-likeness (QED) is 0.146. The van der Waals surface area contributed by atoms with E-state index in [-0.39, 0.29) is 0 Å². The first-order valence-corrected chi connectivity index (χ1v) is 14.2. The van der Waals surface area contributed by atoms with E-state index in [1.54, 1.807) is 0 Å². The average Bonchev–Trinajstić information content (AvgIpc) is 3.49. The third-order valence-electron chi connectivity index (χ3n) is 6.04. The van der Waals surface area contributed by atoms with Crippen LogP contribution >= 0.6 is 0 Å². The second-order valence-electron chi connectivity index (χ2n) is 8.78. The first-order valence-electron chi connectivity index (χ1n) is 12.3. The maximum absolute atomic E-state index is 6.19. The lowest BCUT2D eigenvalue weighted by Gasteiger charge is -2.29. The minimum Gasteiger partial charge on any atom is -0.373 e. The monoisotopic (exact) mass is 414 g/mol. The highest BCUT2D eigenvalue weighted by Gasteiger charge is 2.43. The van der Waals surface area contributed by atoms with E-state index >= 15 is 0 Å². The average molecular weight is 415 g/mol. The van der Waals surface area contributed by atoms with Gasteiger partial charge in [0.25, 0.3) is 0 Å². The molecule has 0 aromatic rings. The second-order valence-corrected chi connectivity index (χ2v) is 11.5. The lowest BCUT2D eigenvalue weighted by molar-refractivity contribution is 0.0586. The highest BCUT2D eigenvalue weighted by molar-refractivity contribution is 6.60. The molecule has 0 N–H and O–H groups in total. The fraction of sp³-hybridized carbons (Fsp3) is 1.00. The first-order chi connectivity index (χ1) is 13.7. The van der Waals surface area contributed by atoms with E-state index in [4.69, 9.17) is 18.0 Å². The van der Waals surface area contributed by atoms with Gasteiger partial charge in [-0.15, -0.1) is 0 Å². The molecular weight excluding hydrogens is 368 g/mol. The number of epoxide rings is 1. The lowest BCUT2D eigenvalue weighted by Crippen LogP contribution is -2.46. The van der Waals surface area contributed by atoms with E-state index in [1.165, 1.54) is 64.2 Å². The molecule has 5 heteroatoms. The lowest BCUT2D eigenvalue weighted by atomic mass is 9.85. The summed E-state index contributed by atoms with van der Waals surface area (Å²) in [4.78, 5) is 0. The van der Waals surface area contributed by atoms with Crippen LogP contribution in [0.4, 0.5) is 0 Å². The zero-order valence-electron chi connectivity index (χ0n) is 18.9. The second kappa shape index (κ2) is 14.1. The van der Waals surface area contributed by atoms with Gasteiger partial charge in [-0.1, -0.05) is 59.3 Å². The standard InChI is InChI=1S/C23H46O4Si/c1-4-16-24-28(25-17-5-2,26-18-6-3)19-12-10-8-7-9-11-13-21-14-15-22-23(20-21)27-22/h21-23H,4-20H2,1-3H3. The fourth-order valence-electron chi connectivity index (χ4n) is 4.34. The molecule has 0 bridgehead atoms. The zero-order valence-corrected chi connectivity index (χ0v) is 19.9. The van der Waals surface area contributed by atoms with Gasteiger partial charge in [-0.2, -0.15) is 0 Å². The highest BCUT2D eigenvalue weighted by Crippen LogP contribution is 2.41. The van der Waals surface area contributed by atoms with Gasteiger partial charge in [0.2, 0.25) is 0 Å². The van der Waals surface area contributed by atoms with Crippen LogP contribution in [0.2, 0.25) is 6.04 Å². The van der Waals surface area contributed by atoms with Gasteiger partial charge < -0.3 is 18.0 Å². The van der Waals surface area contributed by atoms with Crippen molar-refractivity contribution in [2.24, 2.45) is 5.92 Å². The Kier molecular flexibility index (Phi) is 12.3. The molecule has 166 valence electrons. The third-order valence-corrected chi connectivity index (χ3v) is 8.93. The molecule has 3 atom stereocenters. The van der Waals surface area contributed by atoms with Crippen molar-refractivity contribution in [1.82, 2.24) is 0 Å². The van der Waals surface area contributed by atoms with E-state index in [9.17, 15) is 0 Å². The number of ether oxygens (including phenoxy) is 1. The van der Waals surface area contributed by atoms with Gasteiger partial charge in [0.05, 0.1) is 12.2 Å². The predicted molar refractivity (Wildman–Crippen MR) is 118 cm³/mol. The van der Waals surface area contributed by atoms with Crippen molar-refractivity contribution in [3.8, 4) is 0 Å². The Morgan fingerprint density at radius 1 is 0.714 bits per heavy atom. The minimum absolute atomic E-state index is 0.642. The molecule has 1 aliphatic carbocycles. The highest BCUT2D eigenvalue weighted by atomic mass is 28.4. The molecule has 1 saturated carbocycles. The van der Waals surface area contributed by atoms with E-state index in [0.29, 0.717) is 12.2 Å². The number of hydrogen-bond acceptors (Lipinski definition) is 4. The largest absolute Gasteiger partial charge is 0.500 e. The molecule has 1 saturated heterocycles. The summed E-state index contributed by atoms with van der Waals surface area (Å²) >= 11 is 0. The summed E-state index contributed by atoms with van der Waals surface area (Å²) in [5, 5.41) is 0. The molecule has 0 radical (unpaired) electrons. The summed E-state index contributed by atoms with van der Waals surface area (Å²) < 4.78 is 24.2. The summed E-state index contributed by atoms with van der Waals surface area (Å²) in [7, 11) is -2.47. The van der Waals surface area contributed by atoms with E-state index in [0.717, 1.165) is 51.0 Å². The van der Waals surface area contributed by atoms with Crippen LogP contribution in [0, 0.1) is 5.92 Å².